The molecule has 86 valence electrons. The van der Waals surface area contributed by atoms with Gasteiger partial charge < -0.3 is 9.64 Å². The molecule has 0 spiro atoms. The summed E-state index contributed by atoms with van der Waals surface area (Å²) in [7, 11) is 0. The Labute approximate surface area is 92.3 Å². The molecule has 0 amide bonds. The van der Waals surface area contributed by atoms with Crippen LogP contribution in [0.5, 0.6) is 0 Å². The highest BCUT2D eigenvalue weighted by atomic mass is 16.5. The minimum Gasteiger partial charge on any atom is -0.376 e. The second-order valence-corrected chi connectivity index (χ2v) is 4.74. The quantitative estimate of drug-likeness (QED) is 0.571. The molecule has 0 aromatic carbocycles. The van der Waals surface area contributed by atoms with Crippen LogP contribution in [0.3, 0.4) is 0 Å². The molecule has 1 saturated carbocycles. The lowest BCUT2D eigenvalue weighted by molar-refractivity contribution is 0.0158. The van der Waals surface area contributed by atoms with Crippen LogP contribution in [0.25, 0.3) is 0 Å². The Kier molecular flexibility index (Phi) is 3.62. The molecule has 2 fully saturated rings. The predicted octanol–water partition coefficient (Wildman–Crippen LogP) is 2.26. The van der Waals surface area contributed by atoms with Gasteiger partial charge in [-0.05, 0) is 32.1 Å². The van der Waals surface area contributed by atoms with E-state index in [-0.39, 0.29) is 0 Å². The Bertz CT molecular complexity index is 226. The van der Waals surface area contributed by atoms with Crippen LogP contribution in [0.2, 0.25) is 0 Å². The van der Waals surface area contributed by atoms with Gasteiger partial charge in [0.25, 0.3) is 0 Å². The smallest absolute Gasteiger partial charge is 0.0990 e. The highest BCUT2D eigenvalue weighted by Gasteiger charge is 2.32. The molecular weight excluding hydrogens is 188 g/mol. The Morgan fingerprint density at radius 2 is 2.20 bits per heavy atom. The topological polar surface area (TPSA) is 36.3 Å². The van der Waals surface area contributed by atoms with Crippen LogP contribution in [0, 0.1) is 11.3 Å². The molecule has 1 atom stereocenters. The van der Waals surface area contributed by atoms with E-state index in [1.54, 1.807) is 0 Å². The minimum absolute atomic E-state index is 0.373. The average Bonchev–Trinajstić information content (AvgIpc) is 3.09. The monoisotopic (exact) mass is 210 g/mol. The summed E-state index contributed by atoms with van der Waals surface area (Å²) in [5.74, 6) is 1.45. The van der Waals surface area contributed by atoms with Gasteiger partial charge in [-0.2, -0.15) is 0 Å². The van der Waals surface area contributed by atoms with Crippen LogP contribution in [0.1, 0.15) is 39.0 Å². The van der Waals surface area contributed by atoms with Gasteiger partial charge in [0.15, 0.2) is 0 Å². The first-order valence-electron chi connectivity index (χ1n) is 6.26. The first-order valence-corrected chi connectivity index (χ1v) is 6.26. The van der Waals surface area contributed by atoms with Crippen molar-refractivity contribution in [3.8, 4) is 0 Å². The van der Waals surface area contributed by atoms with Crippen LogP contribution in [-0.2, 0) is 4.74 Å². The van der Waals surface area contributed by atoms with Crippen LogP contribution >= 0.6 is 0 Å². The number of nitrogens with one attached hydrogen (secondary N) is 1. The van der Waals surface area contributed by atoms with Gasteiger partial charge in [0.1, 0.15) is 0 Å². The van der Waals surface area contributed by atoms with E-state index in [4.69, 9.17) is 10.1 Å². The summed E-state index contributed by atoms with van der Waals surface area (Å²) in [5.41, 5.74) is 0. The van der Waals surface area contributed by atoms with E-state index in [1.807, 2.05) is 0 Å². The van der Waals surface area contributed by atoms with Crippen LogP contribution < -0.4 is 0 Å². The summed E-state index contributed by atoms with van der Waals surface area (Å²) in [6, 6.07) is 0. The Hall–Kier alpha value is -0.570. The zero-order chi connectivity index (χ0) is 10.7. The van der Waals surface area contributed by atoms with E-state index in [0.29, 0.717) is 12.0 Å². The largest absolute Gasteiger partial charge is 0.376 e. The number of piperidine rings is 1. The van der Waals surface area contributed by atoms with Crippen molar-refractivity contribution in [2.75, 3.05) is 19.7 Å². The lowest BCUT2D eigenvalue weighted by Crippen LogP contribution is -2.43. The summed E-state index contributed by atoms with van der Waals surface area (Å²) < 4.78 is 5.77. The zero-order valence-electron chi connectivity index (χ0n) is 9.67. The molecule has 1 aliphatic carbocycles. The molecule has 1 aliphatic heterocycles. The fraction of sp³-hybridized carbons (Fsp3) is 0.917. The fourth-order valence-electron chi connectivity index (χ4n) is 2.19. The SMILES string of the molecule is CCCOC1CCCN(C(=N)C2CC2)C1. The zero-order valence-corrected chi connectivity index (χ0v) is 9.67. The highest BCUT2D eigenvalue weighted by Crippen LogP contribution is 2.32. The molecule has 0 bridgehead atoms. The molecule has 15 heavy (non-hydrogen) atoms. The van der Waals surface area contributed by atoms with Gasteiger partial charge in [0.05, 0.1) is 11.9 Å². The molecule has 1 N–H and O–H groups in total. The molecule has 0 aromatic heterocycles. The summed E-state index contributed by atoms with van der Waals surface area (Å²) in [6.07, 6.45) is 6.29. The maximum atomic E-state index is 8.04. The number of amidine groups is 1. The lowest BCUT2D eigenvalue weighted by Gasteiger charge is -2.34. The van der Waals surface area contributed by atoms with Crippen molar-refractivity contribution in [2.24, 2.45) is 5.92 Å². The molecule has 0 radical (unpaired) electrons. The van der Waals surface area contributed by atoms with E-state index in [2.05, 4.69) is 11.8 Å². The Balaban J connectivity index is 1.78. The molecule has 1 heterocycles. The molecular formula is C12H22N2O. The van der Waals surface area contributed by atoms with Crippen LogP contribution in [0.15, 0.2) is 0 Å². The van der Waals surface area contributed by atoms with Gasteiger partial charge in [-0.3, -0.25) is 5.41 Å². The summed E-state index contributed by atoms with van der Waals surface area (Å²) in [4.78, 5) is 2.24. The van der Waals surface area contributed by atoms with Gasteiger partial charge in [0, 0.05) is 25.6 Å². The van der Waals surface area contributed by atoms with Crippen molar-refractivity contribution in [3.63, 3.8) is 0 Å². The summed E-state index contributed by atoms with van der Waals surface area (Å²) in [6.45, 7) is 5.04. The predicted molar refractivity (Wildman–Crippen MR) is 61.3 cm³/mol. The van der Waals surface area contributed by atoms with Crippen molar-refractivity contribution >= 4 is 5.84 Å². The van der Waals surface area contributed by atoms with E-state index in [9.17, 15) is 0 Å². The third kappa shape index (κ3) is 2.94. The van der Waals surface area contributed by atoms with Gasteiger partial charge in [-0.1, -0.05) is 6.92 Å². The van der Waals surface area contributed by atoms with Gasteiger partial charge in [-0.25, -0.2) is 0 Å². The van der Waals surface area contributed by atoms with Crippen LogP contribution in [0.4, 0.5) is 0 Å². The second kappa shape index (κ2) is 4.97. The molecule has 3 nitrogen and oxygen atoms in total. The number of rotatable bonds is 4. The maximum absolute atomic E-state index is 8.04. The lowest BCUT2D eigenvalue weighted by atomic mass is 10.1. The highest BCUT2D eigenvalue weighted by molar-refractivity contribution is 5.83. The second-order valence-electron chi connectivity index (χ2n) is 4.74. The fourth-order valence-corrected chi connectivity index (χ4v) is 2.19. The number of hydrogen-bond acceptors (Lipinski definition) is 2. The normalized spacial score (nSPS) is 26.7. The summed E-state index contributed by atoms with van der Waals surface area (Å²) >= 11 is 0. The maximum Gasteiger partial charge on any atom is 0.0990 e. The van der Waals surface area contributed by atoms with Gasteiger partial charge in [0.2, 0.25) is 0 Å². The first-order chi connectivity index (χ1) is 7.31. The van der Waals surface area contributed by atoms with E-state index in [0.717, 1.165) is 32.0 Å². The number of nitrogens with zero attached hydrogens (tertiary/aromatic N) is 1. The van der Waals surface area contributed by atoms with Gasteiger partial charge in [-0.15, -0.1) is 0 Å². The van der Waals surface area contributed by atoms with E-state index < -0.39 is 0 Å². The summed E-state index contributed by atoms with van der Waals surface area (Å²) in [5, 5.41) is 8.04. The minimum atomic E-state index is 0.373. The number of hydrogen-bond donors (Lipinski definition) is 1. The molecule has 1 saturated heterocycles. The molecule has 0 aromatic rings. The third-order valence-electron chi connectivity index (χ3n) is 3.24. The van der Waals surface area contributed by atoms with Crippen molar-refractivity contribution in [1.82, 2.24) is 4.90 Å². The molecule has 3 heteroatoms. The van der Waals surface area contributed by atoms with E-state index >= 15 is 0 Å². The Morgan fingerprint density at radius 3 is 2.87 bits per heavy atom. The van der Waals surface area contributed by atoms with Gasteiger partial charge >= 0.3 is 0 Å². The van der Waals surface area contributed by atoms with Crippen molar-refractivity contribution < 1.29 is 4.74 Å². The van der Waals surface area contributed by atoms with Crippen molar-refractivity contribution in [1.29, 1.82) is 5.41 Å². The third-order valence-corrected chi connectivity index (χ3v) is 3.24. The Morgan fingerprint density at radius 1 is 1.40 bits per heavy atom. The molecule has 2 rings (SSSR count). The molecule has 2 aliphatic rings. The van der Waals surface area contributed by atoms with Crippen molar-refractivity contribution in [2.45, 2.75) is 45.1 Å². The number of ether oxygens (including phenoxy) is 1. The first kappa shape index (κ1) is 10.9. The average molecular weight is 210 g/mol. The standard InChI is InChI=1S/C12H22N2O/c1-2-8-15-11-4-3-7-14(9-11)12(13)10-5-6-10/h10-11,13H,2-9H2,1H3. The van der Waals surface area contributed by atoms with E-state index in [1.165, 1.54) is 25.7 Å². The van der Waals surface area contributed by atoms with Crippen LogP contribution in [-0.4, -0.2) is 36.5 Å². The molecule has 1 unspecified atom stereocenters. The van der Waals surface area contributed by atoms with Crippen molar-refractivity contribution in [3.05, 3.63) is 0 Å². The number of likely N-dealkylation sites (tertiary alicyclic amines) is 1.